The molecule has 1 heterocycles. The Morgan fingerprint density at radius 2 is 2.30 bits per heavy atom. The summed E-state index contributed by atoms with van der Waals surface area (Å²) < 4.78 is 10.5. The number of aromatic carboxylic acids is 1. The first-order chi connectivity index (χ1) is 9.52. The zero-order valence-electron chi connectivity index (χ0n) is 12.4. The van der Waals surface area contributed by atoms with Gasteiger partial charge in [0, 0.05) is 31.8 Å². The first-order valence-electron chi connectivity index (χ1n) is 7.08. The number of nitrogens with zero attached hydrogens (tertiary/aromatic N) is 1. The van der Waals surface area contributed by atoms with Crippen molar-refractivity contribution < 1.29 is 19.1 Å². The lowest BCUT2D eigenvalue weighted by atomic mass is 10.1. The maximum absolute atomic E-state index is 10.9. The summed E-state index contributed by atoms with van der Waals surface area (Å²) in [5.41, 5.74) is 0.950. The van der Waals surface area contributed by atoms with Gasteiger partial charge in [0.1, 0.15) is 5.76 Å². The molecule has 112 valence electrons. The molecule has 1 saturated carbocycles. The van der Waals surface area contributed by atoms with Crippen LogP contribution in [0.2, 0.25) is 0 Å². The van der Waals surface area contributed by atoms with E-state index >= 15 is 0 Å². The molecule has 5 nitrogen and oxygen atoms in total. The SMILES string of the molecule is COCCN(Cc1cc(C(=O)O)oc1C)C(C)C1CC1. The Labute approximate surface area is 119 Å². The normalized spacial score (nSPS) is 16.6. The van der Waals surface area contributed by atoms with Crippen LogP contribution in [0.4, 0.5) is 0 Å². The standard InChI is InChI=1S/C15H23NO4/c1-10(12-4-5-12)16(6-7-19-3)9-13-8-14(15(17)18)20-11(13)2/h8,10,12H,4-7,9H2,1-3H3,(H,17,18). The second-order valence-electron chi connectivity index (χ2n) is 5.54. The molecule has 0 aliphatic heterocycles. The third-order valence-corrected chi connectivity index (χ3v) is 4.07. The van der Waals surface area contributed by atoms with E-state index in [9.17, 15) is 4.79 Å². The van der Waals surface area contributed by atoms with Gasteiger partial charge >= 0.3 is 5.97 Å². The number of furan rings is 1. The molecule has 2 rings (SSSR count). The van der Waals surface area contributed by atoms with Crippen LogP contribution in [-0.2, 0) is 11.3 Å². The molecule has 20 heavy (non-hydrogen) atoms. The Bertz CT molecular complexity index is 464. The molecule has 0 saturated heterocycles. The zero-order valence-corrected chi connectivity index (χ0v) is 12.4. The van der Waals surface area contributed by atoms with E-state index in [4.69, 9.17) is 14.3 Å². The Morgan fingerprint density at radius 1 is 1.60 bits per heavy atom. The molecule has 5 heteroatoms. The van der Waals surface area contributed by atoms with Gasteiger partial charge < -0.3 is 14.3 Å². The molecule has 1 aromatic heterocycles. The second-order valence-corrected chi connectivity index (χ2v) is 5.54. The number of rotatable bonds is 8. The van der Waals surface area contributed by atoms with Crippen molar-refractivity contribution in [1.29, 1.82) is 0 Å². The van der Waals surface area contributed by atoms with Crippen LogP contribution in [0.15, 0.2) is 10.5 Å². The van der Waals surface area contributed by atoms with E-state index < -0.39 is 5.97 Å². The highest BCUT2D eigenvalue weighted by molar-refractivity contribution is 5.84. The summed E-state index contributed by atoms with van der Waals surface area (Å²) in [6.07, 6.45) is 2.57. The molecule has 1 aromatic rings. The van der Waals surface area contributed by atoms with Crippen molar-refractivity contribution in [2.24, 2.45) is 5.92 Å². The Morgan fingerprint density at radius 3 is 2.80 bits per heavy atom. The summed E-state index contributed by atoms with van der Waals surface area (Å²) >= 11 is 0. The molecule has 1 N–H and O–H groups in total. The Balaban J connectivity index is 2.07. The minimum absolute atomic E-state index is 0.0169. The molecular formula is C15H23NO4. The Kier molecular flexibility index (Phi) is 4.83. The van der Waals surface area contributed by atoms with Gasteiger partial charge in [0.15, 0.2) is 0 Å². The van der Waals surface area contributed by atoms with E-state index in [1.54, 1.807) is 13.2 Å². The number of hydrogen-bond donors (Lipinski definition) is 1. The fraction of sp³-hybridized carbons (Fsp3) is 0.667. The molecule has 1 atom stereocenters. The van der Waals surface area contributed by atoms with Crippen LogP contribution in [0.1, 0.15) is 41.6 Å². The van der Waals surface area contributed by atoms with Gasteiger partial charge in [-0.3, -0.25) is 4.90 Å². The zero-order chi connectivity index (χ0) is 14.7. The number of methoxy groups -OCH3 is 1. The minimum atomic E-state index is -1.02. The molecule has 1 aliphatic rings. The molecule has 1 fully saturated rings. The molecular weight excluding hydrogens is 258 g/mol. The van der Waals surface area contributed by atoms with Crippen molar-refractivity contribution in [2.75, 3.05) is 20.3 Å². The fourth-order valence-electron chi connectivity index (χ4n) is 2.51. The largest absolute Gasteiger partial charge is 0.475 e. The highest BCUT2D eigenvalue weighted by Gasteiger charge is 2.32. The van der Waals surface area contributed by atoms with Gasteiger partial charge in [-0.1, -0.05) is 0 Å². The van der Waals surface area contributed by atoms with Gasteiger partial charge in [-0.2, -0.15) is 0 Å². The lowest BCUT2D eigenvalue weighted by molar-refractivity contribution is 0.0661. The quantitative estimate of drug-likeness (QED) is 0.793. The number of ether oxygens (including phenoxy) is 1. The number of carboxylic acids is 1. The molecule has 0 radical (unpaired) electrons. The highest BCUT2D eigenvalue weighted by atomic mass is 16.5. The molecule has 1 aliphatic carbocycles. The van der Waals surface area contributed by atoms with Gasteiger partial charge in [0.05, 0.1) is 6.61 Å². The van der Waals surface area contributed by atoms with Crippen LogP contribution in [-0.4, -0.2) is 42.3 Å². The van der Waals surface area contributed by atoms with Crippen molar-refractivity contribution in [3.8, 4) is 0 Å². The Hall–Kier alpha value is -1.33. The van der Waals surface area contributed by atoms with Crippen molar-refractivity contribution in [3.63, 3.8) is 0 Å². The van der Waals surface area contributed by atoms with Crippen molar-refractivity contribution >= 4 is 5.97 Å². The summed E-state index contributed by atoms with van der Waals surface area (Å²) in [7, 11) is 1.70. The molecule has 0 aromatic carbocycles. The molecule has 0 spiro atoms. The highest BCUT2D eigenvalue weighted by Crippen LogP contribution is 2.35. The number of aryl methyl sites for hydroxylation is 1. The average molecular weight is 281 g/mol. The van der Waals surface area contributed by atoms with Gasteiger partial charge in [-0.05, 0) is 38.7 Å². The number of carbonyl (C=O) groups is 1. The van der Waals surface area contributed by atoms with E-state index in [2.05, 4.69) is 11.8 Å². The first kappa shape index (κ1) is 15.1. The minimum Gasteiger partial charge on any atom is -0.475 e. The maximum atomic E-state index is 10.9. The van der Waals surface area contributed by atoms with E-state index in [0.717, 1.165) is 18.0 Å². The van der Waals surface area contributed by atoms with Crippen LogP contribution in [0.3, 0.4) is 0 Å². The predicted molar refractivity (Wildman–Crippen MR) is 74.9 cm³/mol. The van der Waals surface area contributed by atoms with Crippen LogP contribution in [0.5, 0.6) is 0 Å². The van der Waals surface area contributed by atoms with Crippen LogP contribution >= 0.6 is 0 Å². The van der Waals surface area contributed by atoms with Crippen molar-refractivity contribution in [1.82, 2.24) is 4.90 Å². The van der Waals surface area contributed by atoms with Gasteiger partial charge in [-0.15, -0.1) is 0 Å². The summed E-state index contributed by atoms with van der Waals surface area (Å²) in [6, 6.07) is 2.13. The van der Waals surface area contributed by atoms with E-state index in [-0.39, 0.29) is 5.76 Å². The van der Waals surface area contributed by atoms with Crippen LogP contribution < -0.4 is 0 Å². The van der Waals surface area contributed by atoms with E-state index in [1.165, 1.54) is 12.8 Å². The van der Waals surface area contributed by atoms with Crippen molar-refractivity contribution in [3.05, 3.63) is 23.2 Å². The summed E-state index contributed by atoms with van der Waals surface area (Å²) in [6.45, 7) is 6.30. The van der Waals surface area contributed by atoms with Crippen LogP contribution in [0, 0.1) is 12.8 Å². The molecule has 0 amide bonds. The van der Waals surface area contributed by atoms with E-state index in [1.807, 2.05) is 6.92 Å². The lowest BCUT2D eigenvalue weighted by Gasteiger charge is -2.28. The van der Waals surface area contributed by atoms with Gasteiger partial charge in [0.25, 0.3) is 0 Å². The average Bonchev–Trinajstić information content (AvgIpc) is 3.18. The third kappa shape index (κ3) is 3.61. The topological polar surface area (TPSA) is 62.9 Å². The molecule has 1 unspecified atom stereocenters. The number of carboxylic acid groups (broad SMARTS) is 1. The lowest BCUT2D eigenvalue weighted by Crippen LogP contribution is -2.36. The predicted octanol–water partition coefficient (Wildman–Crippen LogP) is 2.53. The first-order valence-corrected chi connectivity index (χ1v) is 7.08. The second kappa shape index (κ2) is 6.41. The van der Waals surface area contributed by atoms with Gasteiger partial charge in [0.2, 0.25) is 5.76 Å². The van der Waals surface area contributed by atoms with Crippen LogP contribution in [0.25, 0.3) is 0 Å². The maximum Gasteiger partial charge on any atom is 0.371 e. The van der Waals surface area contributed by atoms with Crippen molar-refractivity contribution in [2.45, 2.75) is 39.3 Å². The summed E-state index contributed by atoms with van der Waals surface area (Å²) in [4.78, 5) is 13.3. The summed E-state index contributed by atoms with van der Waals surface area (Å²) in [5, 5.41) is 8.98. The fourth-order valence-corrected chi connectivity index (χ4v) is 2.51. The smallest absolute Gasteiger partial charge is 0.371 e. The van der Waals surface area contributed by atoms with E-state index in [0.29, 0.717) is 25.0 Å². The van der Waals surface area contributed by atoms with Gasteiger partial charge in [-0.25, -0.2) is 4.79 Å². The summed E-state index contributed by atoms with van der Waals surface area (Å²) in [5.74, 6) is 0.451. The third-order valence-electron chi connectivity index (χ3n) is 4.07. The molecule has 0 bridgehead atoms. The monoisotopic (exact) mass is 281 g/mol. The number of hydrogen-bond acceptors (Lipinski definition) is 4.